The van der Waals surface area contributed by atoms with Gasteiger partial charge in [0.25, 0.3) is 5.91 Å². The third-order valence-corrected chi connectivity index (χ3v) is 3.63. The smallest absolute Gasteiger partial charge is 0.251 e. The number of benzene rings is 1. The van der Waals surface area contributed by atoms with Crippen LogP contribution in [-0.2, 0) is 4.79 Å². The molecule has 1 aromatic rings. The monoisotopic (exact) mass is 304 g/mol. The molecule has 120 valence electrons. The summed E-state index contributed by atoms with van der Waals surface area (Å²) in [4.78, 5) is 25.9. The van der Waals surface area contributed by atoms with Crippen LogP contribution in [0.25, 0.3) is 0 Å². The number of piperazine rings is 1. The highest BCUT2D eigenvalue weighted by Crippen LogP contribution is 1.97. The highest BCUT2D eigenvalue weighted by molar-refractivity contribution is 5.96. The summed E-state index contributed by atoms with van der Waals surface area (Å²) in [7, 11) is 0. The van der Waals surface area contributed by atoms with Gasteiger partial charge in [-0.1, -0.05) is 18.2 Å². The zero-order chi connectivity index (χ0) is 15.6. The molecule has 2 rings (SSSR count). The molecule has 1 aliphatic rings. The quantitative estimate of drug-likeness (QED) is 0.612. The summed E-state index contributed by atoms with van der Waals surface area (Å²) in [5, 5.41) is 8.76. The zero-order valence-electron chi connectivity index (χ0n) is 12.8. The predicted octanol–water partition coefficient (Wildman–Crippen LogP) is -0.172. The second-order valence-corrected chi connectivity index (χ2v) is 5.34. The van der Waals surface area contributed by atoms with E-state index in [0.29, 0.717) is 12.1 Å². The molecule has 0 spiro atoms. The van der Waals surface area contributed by atoms with Crippen LogP contribution < -0.4 is 16.0 Å². The Balaban J connectivity index is 1.55. The summed E-state index contributed by atoms with van der Waals surface area (Å²) in [6.45, 7) is 5.88. The van der Waals surface area contributed by atoms with Crippen molar-refractivity contribution in [1.29, 1.82) is 0 Å². The largest absolute Gasteiger partial charge is 0.355 e. The van der Waals surface area contributed by atoms with Crippen molar-refractivity contribution in [2.24, 2.45) is 0 Å². The van der Waals surface area contributed by atoms with Gasteiger partial charge < -0.3 is 20.9 Å². The first-order valence-electron chi connectivity index (χ1n) is 7.79. The number of hydrogen-bond acceptors (Lipinski definition) is 4. The number of nitrogens with zero attached hydrogens (tertiary/aromatic N) is 1. The number of hydrogen-bond donors (Lipinski definition) is 3. The number of carbonyl (C=O) groups is 2. The third kappa shape index (κ3) is 5.83. The van der Waals surface area contributed by atoms with Crippen LogP contribution in [0.15, 0.2) is 30.3 Å². The maximum Gasteiger partial charge on any atom is 0.251 e. The second kappa shape index (κ2) is 9.17. The predicted molar refractivity (Wildman–Crippen MR) is 85.7 cm³/mol. The van der Waals surface area contributed by atoms with E-state index < -0.39 is 0 Å². The molecule has 22 heavy (non-hydrogen) atoms. The van der Waals surface area contributed by atoms with E-state index in [0.717, 1.165) is 39.1 Å². The van der Waals surface area contributed by atoms with Crippen LogP contribution in [0.5, 0.6) is 0 Å². The minimum atomic E-state index is -0.225. The second-order valence-electron chi connectivity index (χ2n) is 5.34. The van der Waals surface area contributed by atoms with Crippen LogP contribution in [0, 0.1) is 0 Å². The molecule has 1 aromatic carbocycles. The molecule has 2 amide bonds. The van der Waals surface area contributed by atoms with Gasteiger partial charge in [-0.05, 0) is 25.1 Å². The lowest BCUT2D eigenvalue weighted by Gasteiger charge is -2.27. The van der Waals surface area contributed by atoms with E-state index in [9.17, 15) is 9.59 Å². The number of nitrogens with one attached hydrogen (secondary N) is 3. The summed E-state index contributed by atoms with van der Waals surface area (Å²) in [6.07, 6.45) is 0.929. The van der Waals surface area contributed by atoms with Gasteiger partial charge in [-0.3, -0.25) is 9.59 Å². The molecule has 0 unspecified atom stereocenters. The number of carbonyl (C=O) groups excluding carboxylic acids is 2. The Hall–Kier alpha value is -1.92. The fourth-order valence-corrected chi connectivity index (χ4v) is 2.38. The number of amides is 2. The Kier molecular flexibility index (Phi) is 6.86. The van der Waals surface area contributed by atoms with E-state index in [1.165, 1.54) is 0 Å². The highest BCUT2D eigenvalue weighted by atomic mass is 16.2. The summed E-state index contributed by atoms with van der Waals surface area (Å²) in [6, 6.07) is 8.89. The van der Waals surface area contributed by atoms with E-state index >= 15 is 0 Å². The Morgan fingerprint density at radius 1 is 1.09 bits per heavy atom. The fourth-order valence-electron chi connectivity index (χ4n) is 2.38. The molecule has 1 aliphatic heterocycles. The molecule has 3 N–H and O–H groups in total. The lowest BCUT2D eigenvalue weighted by atomic mass is 10.2. The van der Waals surface area contributed by atoms with Gasteiger partial charge in [0, 0.05) is 38.3 Å². The summed E-state index contributed by atoms with van der Waals surface area (Å²) < 4.78 is 0. The Morgan fingerprint density at radius 3 is 2.55 bits per heavy atom. The maximum atomic E-state index is 11.8. The topological polar surface area (TPSA) is 73.5 Å². The van der Waals surface area contributed by atoms with Crippen molar-refractivity contribution >= 4 is 11.8 Å². The standard InChI is InChI=1S/C16H24N4O2/c21-15(13-19-16(22)14-5-2-1-3-6-14)18-7-4-10-20-11-8-17-9-12-20/h1-3,5-6,17H,4,7-13H2,(H,18,21)(H,19,22). The van der Waals surface area contributed by atoms with Crippen LogP contribution >= 0.6 is 0 Å². The van der Waals surface area contributed by atoms with Gasteiger partial charge in [-0.15, -0.1) is 0 Å². The van der Waals surface area contributed by atoms with Gasteiger partial charge in [-0.2, -0.15) is 0 Å². The lowest BCUT2D eigenvalue weighted by Crippen LogP contribution is -2.44. The minimum absolute atomic E-state index is 0.0152. The van der Waals surface area contributed by atoms with Crippen molar-refractivity contribution in [3.05, 3.63) is 35.9 Å². The SMILES string of the molecule is O=C(CNC(=O)c1ccccc1)NCCCN1CCNCC1. The van der Waals surface area contributed by atoms with Crippen LogP contribution in [0.1, 0.15) is 16.8 Å². The molecule has 0 bridgehead atoms. The van der Waals surface area contributed by atoms with Crippen molar-refractivity contribution in [3.8, 4) is 0 Å². The lowest BCUT2D eigenvalue weighted by molar-refractivity contribution is -0.120. The average molecular weight is 304 g/mol. The molecule has 0 aromatic heterocycles. The van der Waals surface area contributed by atoms with Crippen LogP contribution in [0.2, 0.25) is 0 Å². The first-order valence-corrected chi connectivity index (χ1v) is 7.79. The van der Waals surface area contributed by atoms with E-state index in [2.05, 4.69) is 20.9 Å². The van der Waals surface area contributed by atoms with E-state index in [4.69, 9.17) is 0 Å². The van der Waals surface area contributed by atoms with Gasteiger partial charge in [-0.25, -0.2) is 0 Å². The molecule has 1 saturated heterocycles. The van der Waals surface area contributed by atoms with Crippen molar-refractivity contribution in [1.82, 2.24) is 20.9 Å². The van der Waals surface area contributed by atoms with Crippen LogP contribution in [-0.4, -0.2) is 62.5 Å². The zero-order valence-corrected chi connectivity index (χ0v) is 12.8. The van der Waals surface area contributed by atoms with E-state index in [-0.39, 0.29) is 18.4 Å². The van der Waals surface area contributed by atoms with Crippen LogP contribution in [0.4, 0.5) is 0 Å². The molecule has 6 nitrogen and oxygen atoms in total. The Labute approximate surface area is 131 Å². The molecule has 1 fully saturated rings. The van der Waals surface area contributed by atoms with Crippen molar-refractivity contribution in [2.45, 2.75) is 6.42 Å². The van der Waals surface area contributed by atoms with Crippen molar-refractivity contribution < 1.29 is 9.59 Å². The molecule has 0 atom stereocenters. The number of rotatable bonds is 7. The van der Waals surface area contributed by atoms with Crippen molar-refractivity contribution in [3.63, 3.8) is 0 Å². The highest BCUT2D eigenvalue weighted by Gasteiger charge is 2.09. The van der Waals surface area contributed by atoms with Crippen LogP contribution in [0.3, 0.4) is 0 Å². The average Bonchev–Trinajstić information content (AvgIpc) is 2.58. The van der Waals surface area contributed by atoms with Gasteiger partial charge in [0.1, 0.15) is 0 Å². The van der Waals surface area contributed by atoms with Gasteiger partial charge >= 0.3 is 0 Å². The van der Waals surface area contributed by atoms with Crippen molar-refractivity contribution in [2.75, 3.05) is 45.8 Å². The van der Waals surface area contributed by atoms with E-state index in [1.807, 2.05) is 6.07 Å². The normalized spacial score (nSPS) is 15.3. The van der Waals surface area contributed by atoms with Gasteiger partial charge in [0.05, 0.1) is 6.54 Å². The fraction of sp³-hybridized carbons (Fsp3) is 0.500. The molecule has 6 heteroatoms. The summed E-state index contributed by atoms with van der Waals surface area (Å²) in [5.74, 6) is -0.374. The Morgan fingerprint density at radius 2 is 1.82 bits per heavy atom. The first kappa shape index (κ1) is 16.5. The molecular weight excluding hydrogens is 280 g/mol. The molecule has 0 radical (unpaired) electrons. The Bertz CT molecular complexity index is 472. The molecule has 0 aliphatic carbocycles. The van der Waals surface area contributed by atoms with E-state index in [1.54, 1.807) is 24.3 Å². The third-order valence-electron chi connectivity index (χ3n) is 3.63. The van der Waals surface area contributed by atoms with Gasteiger partial charge in [0.15, 0.2) is 0 Å². The molecule has 0 saturated carbocycles. The first-order chi connectivity index (χ1) is 10.8. The summed E-state index contributed by atoms with van der Waals surface area (Å²) in [5.41, 5.74) is 0.564. The molecule has 1 heterocycles. The molecular formula is C16H24N4O2. The summed E-state index contributed by atoms with van der Waals surface area (Å²) >= 11 is 0. The minimum Gasteiger partial charge on any atom is -0.355 e. The maximum absolute atomic E-state index is 11.8. The van der Waals surface area contributed by atoms with Gasteiger partial charge in [0.2, 0.25) is 5.91 Å².